The Morgan fingerprint density at radius 1 is 1.23 bits per heavy atom. The van der Waals surface area contributed by atoms with E-state index in [-0.39, 0.29) is 18.2 Å². The third kappa shape index (κ3) is 3.05. The molecule has 3 rings (SSSR count). The molecule has 1 aliphatic heterocycles. The Morgan fingerprint density at radius 2 is 2.09 bits per heavy atom. The minimum Gasteiger partial charge on any atom is -0.370 e. The van der Waals surface area contributed by atoms with Crippen LogP contribution in [0.1, 0.15) is 56.8 Å². The molecule has 1 saturated heterocycles. The minimum absolute atomic E-state index is 0.0519. The van der Waals surface area contributed by atoms with E-state index in [9.17, 15) is 0 Å². The maximum absolute atomic E-state index is 5.99. The molecule has 0 bridgehead atoms. The van der Waals surface area contributed by atoms with E-state index < -0.39 is 0 Å². The van der Waals surface area contributed by atoms with Gasteiger partial charge in [0.15, 0.2) is 0 Å². The lowest BCUT2D eigenvalue weighted by Gasteiger charge is -2.25. The molecule has 118 valence electrons. The van der Waals surface area contributed by atoms with Crippen LogP contribution in [0.5, 0.6) is 0 Å². The molecule has 0 amide bonds. The number of rotatable bonds is 5. The summed E-state index contributed by atoms with van der Waals surface area (Å²) in [6.07, 6.45) is 4.75. The van der Waals surface area contributed by atoms with E-state index in [0.717, 1.165) is 24.4 Å². The monoisotopic (exact) mass is 300 g/mol. The van der Waals surface area contributed by atoms with Gasteiger partial charge in [0.25, 0.3) is 0 Å². The van der Waals surface area contributed by atoms with Crippen LogP contribution in [-0.2, 0) is 4.74 Å². The summed E-state index contributed by atoms with van der Waals surface area (Å²) in [6, 6.07) is 8.91. The highest BCUT2D eigenvalue weighted by Gasteiger charge is 2.33. The fourth-order valence-electron chi connectivity index (χ4n) is 3.07. The highest BCUT2D eigenvalue weighted by atomic mass is 16.5. The Labute approximate surface area is 131 Å². The molecule has 5 heteroatoms. The molecule has 1 N–H and O–H groups in total. The number of nitrogens with zero attached hydrogens (tertiary/aromatic N) is 3. The highest BCUT2D eigenvalue weighted by Crippen LogP contribution is 2.31. The quantitative estimate of drug-likeness (QED) is 0.922. The summed E-state index contributed by atoms with van der Waals surface area (Å²) in [4.78, 5) is 4.43. The van der Waals surface area contributed by atoms with Crippen LogP contribution in [0.15, 0.2) is 36.7 Å². The van der Waals surface area contributed by atoms with Crippen molar-refractivity contribution in [3.8, 4) is 0 Å². The molecule has 5 nitrogen and oxygen atoms in total. The molecule has 22 heavy (non-hydrogen) atoms. The number of aromatic nitrogens is 3. The van der Waals surface area contributed by atoms with Gasteiger partial charge in [0.2, 0.25) is 0 Å². The smallest absolute Gasteiger partial charge is 0.114 e. The third-order valence-corrected chi connectivity index (χ3v) is 4.17. The van der Waals surface area contributed by atoms with Gasteiger partial charge in [-0.2, -0.15) is 5.10 Å². The van der Waals surface area contributed by atoms with E-state index in [4.69, 9.17) is 4.74 Å². The van der Waals surface area contributed by atoms with E-state index >= 15 is 0 Å². The Hall–Kier alpha value is -1.72. The third-order valence-electron chi connectivity index (χ3n) is 4.17. The van der Waals surface area contributed by atoms with Crippen LogP contribution in [0.4, 0.5) is 0 Å². The van der Waals surface area contributed by atoms with Crippen molar-refractivity contribution < 1.29 is 4.74 Å². The van der Waals surface area contributed by atoms with Crippen LogP contribution in [0.25, 0.3) is 0 Å². The van der Waals surface area contributed by atoms with Crippen molar-refractivity contribution in [3.63, 3.8) is 0 Å². The molecule has 3 atom stereocenters. The van der Waals surface area contributed by atoms with Crippen molar-refractivity contribution in [2.24, 2.45) is 0 Å². The summed E-state index contributed by atoms with van der Waals surface area (Å²) in [7, 11) is 0. The van der Waals surface area contributed by atoms with Crippen molar-refractivity contribution in [3.05, 3.63) is 48.0 Å². The van der Waals surface area contributed by atoms with Crippen molar-refractivity contribution in [1.29, 1.82) is 0 Å². The van der Waals surface area contributed by atoms with Gasteiger partial charge in [0.05, 0.1) is 11.4 Å². The average molecular weight is 300 g/mol. The predicted molar refractivity (Wildman–Crippen MR) is 85.5 cm³/mol. The van der Waals surface area contributed by atoms with E-state index in [2.05, 4.69) is 53.0 Å². The van der Waals surface area contributed by atoms with Crippen LogP contribution in [0.3, 0.4) is 0 Å². The van der Waals surface area contributed by atoms with Gasteiger partial charge in [-0.1, -0.05) is 6.07 Å². The highest BCUT2D eigenvalue weighted by molar-refractivity contribution is 5.13. The standard InChI is InChI=1S/C17H24N4O/c1-12(2)21-16(7-10-19-21)17-15(8-11-22-17)20-13(3)14-6-4-5-9-18-14/h4-7,9-10,12-13,15,17,20H,8,11H2,1-3H3/t13-,15+,17+/m1/s1. The summed E-state index contributed by atoms with van der Waals surface area (Å²) >= 11 is 0. The average Bonchev–Trinajstić information content (AvgIpc) is 3.16. The lowest BCUT2D eigenvalue weighted by atomic mass is 10.0. The van der Waals surface area contributed by atoms with Crippen molar-refractivity contribution in [2.75, 3.05) is 6.61 Å². The summed E-state index contributed by atoms with van der Waals surface area (Å²) in [5, 5.41) is 8.10. The lowest BCUT2D eigenvalue weighted by Crippen LogP contribution is -2.35. The zero-order valence-electron chi connectivity index (χ0n) is 13.4. The molecular weight excluding hydrogens is 276 g/mol. The first kappa shape index (κ1) is 15.2. The molecule has 0 unspecified atom stereocenters. The van der Waals surface area contributed by atoms with Gasteiger partial charge in [-0.15, -0.1) is 0 Å². The summed E-state index contributed by atoms with van der Waals surface area (Å²) in [5.74, 6) is 0. The van der Waals surface area contributed by atoms with Gasteiger partial charge in [0.1, 0.15) is 6.10 Å². The zero-order valence-corrected chi connectivity index (χ0v) is 13.4. The summed E-state index contributed by atoms with van der Waals surface area (Å²) < 4.78 is 8.05. The molecule has 3 heterocycles. The molecule has 1 fully saturated rings. The van der Waals surface area contributed by atoms with Crippen LogP contribution in [0, 0.1) is 0 Å². The van der Waals surface area contributed by atoms with E-state index in [1.165, 1.54) is 0 Å². The second kappa shape index (κ2) is 6.58. The van der Waals surface area contributed by atoms with Gasteiger partial charge < -0.3 is 10.1 Å². The van der Waals surface area contributed by atoms with E-state index in [0.29, 0.717) is 6.04 Å². The van der Waals surface area contributed by atoms with Gasteiger partial charge >= 0.3 is 0 Å². The first-order valence-corrected chi connectivity index (χ1v) is 7.99. The Balaban J connectivity index is 1.75. The molecule has 2 aromatic rings. The topological polar surface area (TPSA) is 52.0 Å². The summed E-state index contributed by atoms with van der Waals surface area (Å²) in [6.45, 7) is 7.22. The molecule has 0 aliphatic carbocycles. The lowest BCUT2D eigenvalue weighted by molar-refractivity contribution is 0.0881. The van der Waals surface area contributed by atoms with Crippen LogP contribution >= 0.6 is 0 Å². The van der Waals surface area contributed by atoms with E-state index in [1.54, 1.807) is 0 Å². The fraction of sp³-hybridized carbons (Fsp3) is 0.529. The van der Waals surface area contributed by atoms with Crippen molar-refractivity contribution in [1.82, 2.24) is 20.1 Å². The molecule has 0 saturated carbocycles. The van der Waals surface area contributed by atoms with E-state index in [1.807, 2.05) is 24.5 Å². The van der Waals surface area contributed by atoms with Crippen molar-refractivity contribution in [2.45, 2.75) is 51.4 Å². The number of hydrogen-bond acceptors (Lipinski definition) is 4. The molecule has 0 aromatic carbocycles. The van der Waals surface area contributed by atoms with Crippen LogP contribution in [-0.4, -0.2) is 27.4 Å². The first-order chi connectivity index (χ1) is 10.7. The number of ether oxygens (including phenoxy) is 1. The summed E-state index contributed by atoms with van der Waals surface area (Å²) in [5.41, 5.74) is 2.21. The molecule has 2 aromatic heterocycles. The second-order valence-corrected chi connectivity index (χ2v) is 6.12. The van der Waals surface area contributed by atoms with Gasteiger partial charge in [-0.3, -0.25) is 9.67 Å². The van der Waals surface area contributed by atoms with Crippen molar-refractivity contribution >= 4 is 0 Å². The SMILES string of the molecule is CC(C)n1nccc1[C@H]1OCC[C@@H]1N[C@H](C)c1ccccn1. The maximum Gasteiger partial charge on any atom is 0.114 e. The first-order valence-electron chi connectivity index (χ1n) is 7.99. The Bertz CT molecular complexity index is 596. The largest absolute Gasteiger partial charge is 0.370 e. The van der Waals surface area contributed by atoms with Crippen LogP contribution < -0.4 is 5.32 Å². The number of nitrogens with one attached hydrogen (secondary N) is 1. The molecule has 1 aliphatic rings. The van der Waals surface area contributed by atoms with Gasteiger partial charge in [-0.05, 0) is 45.4 Å². The maximum atomic E-state index is 5.99. The normalized spacial score (nSPS) is 23.1. The number of pyridine rings is 1. The molecule has 0 radical (unpaired) electrons. The Morgan fingerprint density at radius 3 is 2.82 bits per heavy atom. The molecule has 0 spiro atoms. The van der Waals surface area contributed by atoms with Gasteiger partial charge in [0, 0.05) is 37.1 Å². The zero-order chi connectivity index (χ0) is 15.5. The van der Waals surface area contributed by atoms with Gasteiger partial charge in [-0.25, -0.2) is 0 Å². The predicted octanol–water partition coefficient (Wildman–Crippen LogP) is 3.04. The second-order valence-electron chi connectivity index (χ2n) is 6.12. The number of hydrogen-bond donors (Lipinski definition) is 1. The molecular formula is C17H24N4O. The van der Waals surface area contributed by atoms with Crippen LogP contribution in [0.2, 0.25) is 0 Å². The Kier molecular flexibility index (Phi) is 4.55. The minimum atomic E-state index is 0.0519. The fourth-order valence-corrected chi connectivity index (χ4v) is 3.07.